The molecule has 0 saturated heterocycles. The first kappa shape index (κ1) is 46.9. The first-order chi connectivity index (χ1) is 20.0. The van der Waals surface area contributed by atoms with E-state index in [-0.39, 0.29) is 13.2 Å². The van der Waals surface area contributed by atoms with Gasteiger partial charge in [-0.2, -0.15) is 0 Å². The van der Waals surface area contributed by atoms with E-state index < -0.39 is 42.7 Å². The first-order valence-corrected chi connectivity index (χ1v) is 15.6. The molecule has 0 bridgehead atoms. The van der Waals surface area contributed by atoms with E-state index in [1.54, 1.807) is 48.5 Å². The Bertz CT molecular complexity index is 485. The molecule has 14 heteroatoms. The van der Waals surface area contributed by atoms with Crippen molar-refractivity contribution in [2.24, 2.45) is 0 Å². The maximum atomic E-state index is 9.47. The zero-order valence-corrected chi connectivity index (χ0v) is 28.0. The Kier molecular flexibility index (Phi) is 34.2. The first-order valence-electron chi connectivity index (χ1n) is 15.6. The van der Waals surface area contributed by atoms with Gasteiger partial charge in [-0.15, -0.1) is 0 Å². The number of hydrogen-bond donors (Lipinski definition) is 11. The van der Waals surface area contributed by atoms with Gasteiger partial charge in [0.05, 0.1) is 55.9 Å². The average Bonchev–Trinajstić information content (AvgIpc) is 2.83. The van der Waals surface area contributed by atoms with Crippen LogP contribution < -0.4 is 10.6 Å². The summed E-state index contributed by atoms with van der Waals surface area (Å²) >= 11 is 0. The minimum Gasteiger partial charge on any atom is -0.395 e. The molecule has 0 rings (SSSR count). The molecule has 0 fully saturated rings. The van der Waals surface area contributed by atoms with Gasteiger partial charge in [0.25, 0.3) is 0 Å². The van der Waals surface area contributed by atoms with Crippen LogP contribution >= 0.6 is 0 Å². The van der Waals surface area contributed by atoms with Gasteiger partial charge in [-0.25, -0.2) is 0 Å². The number of nitrogens with zero attached hydrogens (tertiary/aromatic N) is 3. The smallest absolute Gasteiger partial charge is 0.0639 e. The number of aliphatic hydroxyl groups is 9. The summed E-state index contributed by atoms with van der Waals surface area (Å²) in [6, 6.07) is 0. The number of nitrogens with one attached hydrogen (secondary N) is 2. The van der Waals surface area contributed by atoms with Crippen LogP contribution in [0.3, 0.4) is 0 Å². The van der Waals surface area contributed by atoms with Crippen LogP contribution in [0.5, 0.6) is 0 Å². The molecule has 0 spiro atoms. The fourth-order valence-corrected chi connectivity index (χ4v) is 4.22. The van der Waals surface area contributed by atoms with Crippen molar-refractivity contribution < 1.29 is 46.0 Å². The largest absolute Gasteiger partial charge is 0.395 e. The average molecular weight is 632 g/mol. The Morgan fingerprint density at radius 1 is 0.372 bits per heavy atom. The molecule has 0 aromatic rings. The molecular weight excluding hydrogens is 562 g/mol. The second kappa shape index (κ2) is 31.4. The maximum absolute atomic E-state index is 9.47. The highest BCUT2D eigenvalue weighted by molar-refractivity contribution is 4.70. The molecule has 43 heavy (non-hydrogen) atoms. The molecule has 0 amide bonds. The Morgan fingerprint density at radius 2 is 0.581 bits per heavy atom. The number of rotatable bonds is 24. The van der Waals surface area contributed by atoms with E-state index in [4.69, 9.17) is 25.5 Å². The lowest BCUT2D eigenvalue weighted by Gasteiger charge is -2.30. The molecule has 0 radical (unpaired) electrons. The third-order valence-corrected chi connectivity index (χ3v) is 5.45. The van der Waals surface area contributed by atoms with Crippen LogP contribution in [0.25, 0.3) is 0 Å². The second-order valence-electron chi connectivity index (χ2n) is 11.6. The highest BCUT2D eigenvalue weighted by Gasteiger charge is 2.16. The van der Waals surface area contributed by atoms with Gasteiger partial charge in [0.15, 0.2) is 0 Å². The fourth-order valence-electron chi connectivity index (χ4n) is 4.22. The molecule has 14 nitrogen and oxygen atoms in total. The van der Waals surface area contributed by atoms with E-state index in [0.717, 1.165) is 13.1 Å². The normalized spacial score (nSPS) is 16.5. The van der Waals surface area contributed by atoms with Crippen LogP contribution in [0.1, 0.15) is 48.5 Å². The molecule has 7 unspecified atom stereocenters. The molecule has 264 valence electrons. The zero-order chi connectivity index (χ0) is 33.8. The molecule has 0 saturated carbocycles. The second-order valence-corrected chi connectivity index (χ2v) is 11.6. The molecule has 0 aliphatic heterocycles. The van der Waals surface area contributed by atoms with Gasteiger partial charge < -0.3 is 56.6 Å². The highest BCUT2D eigenvalue weighted by Crippen LogP contribution is 2.01. The highest BCUT2D eigenvalue weighted by atomic mass is 16.3. The van der Waals surface area contributed by atoms with Gasteiger partial charge in [0, 0.05) is 85.1 Å². The van der Waals surface area contributed by atoms with E-state index in [1.807, 2.05) is 14.7 Å². The molecule has 0 aromatic heterocycles. The quantitative estimate of drug-likeness (QED) is 0.0471. The van der Waals surface area contributed by atoms with E-state index >= 15 is 0 Å². The van der Waals surface area contributed by atoms with Crippen molar-refractivity contribution in [3.63, 3.8) is 0 Å². The number of aliphatic hydroxyl groups excluding tert-OH is 9. The summed E-state index contributed by atoms with van der Waals surface area (Å²) < 4.78 is 0. The lowest BCUT2D eigenvalue weighted by atomic mass is 10.2. The summed E-state index contributed by atoms with van der Waals surface area (Å²) in [4.78, 5) is 5.83. The third kappa shape index (κ3) is 41.4. The van der Waals surface area contributed by atoms with Crippen molar-refractivity contribution in [2.45, 2.75) is 91.2 Å². The summed E-state index contributed by atoms with van der Waals surface area (Å²) in [6.45, 7) is 20.1. The zero-order valence-electron chi connectivity index (χ0n) is 28.0. The maximum Gasteiger partial charge on any atom is 0.0639 e. The molecule has 0 aliphatic rings. The minimum absolute atomic E-state index is 0.181. The van der Waals surface area contributed by atoms with E-state index in [2.05, 4.69) is 10.6 Å². The van der Waals surface area contributed by atoms with Crippen LogP contribution in [0.4, 0.5) is 0 Å². The minimum atomic E-state index is -0.448. The Hall–Kier alpha value is -0.560. The predicted molar refractivity (Wildman–Crippen MR) is 171 cm³/mol. The lowest BCUT2D eigenvalue weighted by Crippen LogP contribution is -2.44. The van der Waals surface area contributed by atoms with Gasteiger partial charge in [0.1, 0.15) is 0 Å². The molecule has 7 atom stereocenters. The summed E-state index contributed by atoms with van der Waals surface area (Å²) in [5, 5.41) is 88.0. The van der Waals surface area contributed by atoms with Gasteiger partial charge in [-0.1, -0.05) is 0 Å². The topological polar surface area (TPSA) is 216 Å². The molecular formula is C29H69N5O9. The van der Waals surface area contributed by atoms with E-state index in [0.29, 0.717) is 72.0 Å². The lowest BCUT2D eigenvalue weighted by molar-refractivity contribution is 0.0530. The van der Waals surface area contributed by atoms with Crippen LogP contribution in [0, 0.1) is 0 Å². The van der Waals surface area contributed by atoms with Crippen molar-refractivity contribution in [3.8, 4) is 0 Å². The molecule has 0 aromatic carbocycles. The summed E-state index contributed by atoms with van der Waals surface area (Å²) in [6.07, 6.45) is -3.09. The monoisotopic (exact) mass is 632 g/mol. The van der Waals surface area contributed by atoms with Crippen molar-refractivity contribution in [2.75, 3.05) is 98.3 Å². The van der Waals surface area contributed by atoms with Crippen molar-refractivity contribution >= 4 is 0 Å². The SMILES string of the molecule is CC(O)CN(CC(C)O)CC(C)O.CC(O)CN(CCN(CC(C)O)CC(C)O)CC(C)O.OCCNCCNCCO. The van der Waals surface area contributed by atoms with Crippen LogP contribution in [-0.2, 0) is 0 Å². The molecule has 0 aliphatic carbocycles. The van der Waals surface area contributed by atoms with Crippen LogP contribution in [-0.4, -0.2) is 202 Å². The molecule has 11 N–H and O–H groups in total. The molecule has 0 heterocycles. The van der Waals surface area contributed by atoms with Gasteiger partial charge in [-0.05, 0) is 48.5 Å². The summed E-state index contributed by atoms with van der Waals surface area (Å²) in [7, 11) is 0. The van der Waals surface area contributed by atoms with E-state index in [1.165, 1.54) is 0 Å². The van der Waals surface area contributed by atoms with E-state index in [9.17, 15) is 20.4 Å². The van der Waals surface area contributed by atoms with Gasteiger partial charge in [-0.3, -0.25) is 14.7 Å². The fraction of sp³-hybridized carbons (Fsp3) is 1.00. The van der Waals surface area contributed by atoms with Crippen molar-refractivity contribution in [3.05, 3.63) is 0 Å². The Morgan fingerprint density at radius 3 is 0.767 bits per heavy atom. The summed E-state index contributed by atoms with van der Waals surface area (Å²) in [5.41, 5.74) is 0. The Labute approximate surface area is 260 Å². The predicted octanol–water partition coefficient (Wildman–Crippen LogP) is -3.31. The van der Waals surface area contributed by atoms with Crippen molar-refractivity contribution in [1.82, 2.24) is 25.3 Å². The van der Waals surface area contributed by atoms with Crippen LogP contribution in [0.2, 0.25) is 0 Å². The van der Waals surface area contributed by atoms with Gasteiger partial charge >= 0.3 is 0 Å². The Balaban J connectivity index is -0.000000600. The summed E-state index contributed by atoms with van der Waals surface area (Å²) in [5.74, 6) is 0. The standard InChI is InChI=1S/C14H32N2O4.C9H21NO3.C6H16N2O2/c1-11(17)7-15(8-12(2)18)5-6-16(9-13(3)19)10-14(4)20;1-7(11)4-10(5-8(2)12)6-9(3)13;9-5-3-7-1-2-8-4-6-10/h11-14,17-20H,5-10H2,1-4H3;7-9,11-13H,4-6H2,1-3H3;7-10H,1-6H2. The number of hydrogen-bond acceptors (Lipinski definition) is 14. The van der Waals surface area contributed by atoms with Crippen molar-refractivity contribution in [1.29, 1.82) is 0 Å². The van der Waals surface area contributed by atoms with Gasteiger partial charge in [0.2, 0.25) is 0 Å². The van der Waals surface area contributed by atoms with Crippen LogP contribution in [0.15, 0.2) is 0 Å². The third-order valence-electron chi connectivity index (χ3n) is 5.45.